The summed E-state index contributed by atoms with van der Waals surface area (Å²) < 4.78 is 5.52. The zero-order chi connectivity index (χ0) is 19.6. The molecule has 1 aliphatic heterocycles. The third kappa shape index (κ3) is 4.15. The molecule has 0 radical (unpaired) electrons. The zero-order valence-electron chi connectivity index (χ0n) is 14.7. The molecule has 0 bridgehead atoms. The van der Waals surface area contributed by atoms with Crippen molar-refractivity contribution in [3.05, 3.63) is 53.6 Å². The van der Waals surface area contributed by atoms with Crippen LogP contribution in [0.2, 0.25) is 0 Å². The smallest absolute Gasteiger partial charge is 0.143 e. The van der Waals surface area contributed by atoms with E-state index in [0.29, 0.717) is 16.9 Å². The number of aryl methyl sites for hydroxylation is 1. The highest BCUT2D eigenvalue weighted by Gasteiger charge is 2.43. The molecule has 1 aliphatic rings. The Balaban J connectivity index is 1.77. The van der Waals surface area contributed by atoms with E-state index in [-0.39, 0.29) is 5.75 Å². The maximum absolute atomic E-state index is 10.2. The molecule has 2 aromatic rings. The first-order valence-corrected chi connectivity index (χ1v) is 8.52. The molecule has 8 heteroatoms. The molecule has 0 saturated carbocycles. The van der Waals surface area contributed by atoms with Crippen LogP contribution in [0.15, 0.2) is 52.7 Å². The number of hydrogen-bond donors (Lipinski definition) is 5. The minimum Gasteiger partial charge on any atom is -0.506 e. The quantitative estimate of drug-likeness (QED) is 0.516. The average molecular weight is 374 g/mol. The lowest BCUT2D eigenvalue weighted by molar-refractivity contribution is -0.231. The second kappa shape index (κ2) is 8.12. The van der Waals surface area contributed by atoms with E-state index in [9.17, 15) is 25.5 Å². The van der Waals surface area contributed by atoms with Crippen LogP contribution in [0, 0.1) is 6.92 Å². The first kappa shape index (κ1) is 19.4. The molecule has 0 aliphatic carbocycles. The second-order valence-electron chi connectivity index (χ2n) is 6.53. The van der Waals surface area contributed by atoms with E-state index < -0.39 is 37.1 Å². The fraction of sp³-hybridized carbons (Fsp3) is 0.368. The first-order chi connectivity index (χ1) is 12.9. The average Bonchev–Trinajstić information content (AvgIpc) is 2.68. The normalized spacial score (nSPS) is 28.6. The number of azo groups is 1. The number of rotatable bonds is 4. The molecule has 3 rings (SSSR count). The summed E-state index contributed by atoms with van der Waals surface area (Å²) in [6.07, 6.45) is -6.01. The van der Waals surface area contributed by atoms with Gasteiger partial charge in [-0.25, -0.2) is 0 Å². The van der Waals surface area contributed by atoms with E-state index in [0.717, 1.165) is 5.56 Å². The van der Waals surface area contributed by atoms with Crippen LogP contribution in [-0.4, -0.2) is 56.6 Å². The van der Waals surface area contributed by atoms with Crippen molar-refractivity contribution in [1.82, 2.24) is 0 Å². The monoisotopic (exact) mass is 374 g/mol. The number of benzene rings is 2. The molecule has 0 aromatic heterocycles. The van der Waals surface area contributed by atoms with Crippen molar-refractivity contribution in [1.29, 1.82) is 0 Å². The van der Waals surface area contributed by atoms with Gasteiger partial charge in [0, 0.05) is 0 Å². The third-order valence-electron chi connectivity index (χ3n) is 4.52. The van der Waals surface area contributed by atoms with Crippen molar-refractivity contribution in [3.63, 3.8) is 0 Å². The lowest BCUT2D eigenvalue weighted by Gasteiger charge is -2.40. The first-order valence-electron chi connectivity index (χ1n) is 8.52. The highest BCUT2D eigenvalue weighted by Crippen LogP contribution is 2.34. The lowest BCUT2D eigenvalue weighted by atomic mass is 9.91. The Morgan fingerprint density at radius 2 is 1.63 bits per heavy atom. The van der Waals surface area contributed by atoms with Crippen LogP contribution < -0.4 is 0 Å². The standard InChI is InChI=1S/C19H22N2O6/c1-10-2-7-14(23)13(8-10)21-20-12-5-3-11(4-6-12)19-18(26)17(25)16(24)15(9-22)27-19/h2-8,15-19,22-26H,9H2,1H3/t15-,16+,17+,18-,19+/m1/s1. The minimum absolute atomic E-state index is 0.0299. The molecule has 1 fully saturated rings. The lowest BCUT2D eigenvalue weighted by Crippen LogP contribution is -2.55. The number of aromatic hydroxyl groups is 1. The molecule has 1 saturated heterocycles. The second-order valence-corrected chi connectivity index (χ2v) is 6.53. The summed E-state index contributed by atoms with van der Waals surface area (Å²) in [7, 11) is 0. The van der Waals surface area contributed by atoms with E-state index in [2.05, 4.69) is 10.2 Å². The summed E-state index contributed by atoms with van der Waals surface area (Å²) in [5.41, 5.74) is 2.38. The molecule has 144 valence electrons. The third-order valence-corrected chi connectivity index (χ3v) is 4.52. The van der Waals surface area contributed by atoms with Crippen LogP contribution in [0.1, 0.15) is 17.2 Å². The van der Waals surface area contributed by atoms with Crippen molar-refractivity contribution in [2.45, 2.75) is 37.4 Å². The highest BCUT2D eigenvalue weighted by molar-refractivity contribution is 5.52. The molecule has 2 aromatic carbocycles. The molecular formula is C19H22N2O6. The summed E-state index contributed by atoms with van der Waals surface area (Å²) in [5, 5.41) is 57.1. The Kier molecular flexibility index (Phi) is 5.83. The van der Waals surface area contributed by atoms with Crippen molar-refractivity contribution >= 4 is 11.4 Å². The Morgan fingerprint density at radius 1 is 0.926 bits per heavy atom. The van der Waals surface area contributed by atoms with E-state index in [1.54, 1.807) is 42.5 Å². The van der Waals surface area contributed by atoms with Gasteiger partial charge in [-0.15, -0.1) is 5.11 Å². The van der Waals surface area contributed by atoms with Crippen LogP contribution in [0.3, 0.4) is 0 Å². The van der Waals surface area contributed by atoms with Gasteiger partial charge in [-0.3, -0.25) is 0 Å². The zero-order valence-corrected chi connectivity index (χ0v) is 14.7. The van der Waals surface area contributed by atoms with E-state index in [1.165, 1.54) is 0 Å². The van der Waals surface area contributed by atoms with Gasteiger partial charge in [0.25, 0.3) is 0 Å². The fourth-order valence-corrected chi connectivity index (χ4v) is 2.93. The fourth-order valence-electron chi connectivity index (χ4n) is 2.93. The van der Waals surface area contributed by atoms with Crippen molar-refractivity contribution < 1.29 is 30.3 Å². The van der Waals surface area contributed by atoms with E-state index >= 15 is 0 Å². The summed E-state index contributed by atoms with van der Waals surface area (Å²) in [4.78, 5) is 0. The number of aliphatic hydroxyl groups is 4. The SMILES string of the molecule is Cc1ccc(O)c(N=Nc2ccc([C@@H]3O[C@H](CO)[C@H](O)[C@H](O)[C@H]3O)cc2)c1. The Bertz CT molecular complexity index is 808. The summed E-state index contributed by atoms with van der Waals surface area (Å²) >= 11 is 0. The Hall–Kier alpha value is -2.36. The predicted octanol–water partition coefficient (Wildman–Crippen LogP) is 1.63. The molecule has 5 atom stereocenters. The summed E-state index contributed by atoms with van der Waals surface area (Å²) in [6, 6.07) is 11.6. The van der Waals surface area contributed by atoms with Crippen molar-refractivity contribution in [3.8, 4) is 5.75 Å². The largest absolute Gasteiger partial charge is 0.506 e. The number of hydrogen-bond acceptors (Lipinski definition) is 8. The minimum atomic E-state index is -1.43. The number of aliphatic hydroxyl groups excluding tert-OH is 4. The molecule has 8 nitrogen and oxygen atoms in total. The highest BCUT2D eigenvalue weighted by atomic mass is 16.5. The number of ether oxygens (including phenoxy) is 1. The number of phenolic OH excluding ortho intramolecular Hbond substituents is 1. The Morgan fingerprint density at radius 3 is 2.30 bits per heavy atom. The molecule has 5 N–H and O–H groups in total. The van der Waals surface area contributed by atoms with Gasteiger partial charge in [-0.05, 0) is 42.3 Å². The van der Waals surface area contributed by atoms with Crippen molar-refractivity contribution in [2.75, 3.05) is 6.61 Å². The van der Waals surface area contributed by atoms with Gasteiger partial charge in [0.05, 0.1) is 12.3 Å². The van der Waals surface area contributed by atoms with Crippen LogP contribution in [0.4, 0.5) is 11.4 Å². The molecule has 0 spiro atoms. The van der Waals surface area contributed by atoms with E-state index in [4.69, 9.17) is 4.74 Å². The maximum Gasteiger partial charge on any atom is 0.143 e. The molecule has 0 unspecified atom stereocenters. The summed E-state index contributed by atoms with van der Waals surface area (Å²) in [5.74, 6) is 0.0299. The molecule has 27 heavy (non-hydrogen) atoms. The maximum atomic E-state index is 10.2. The van der Waals surface area contributed by atoms with Gasteiger partial charge < -0.3 is 30.3 Å². The van der Waals surface area contributed by atoms with Gasteiger partial charge in [0.2, 0.25) is 0 Å². The van der Waals surface area contributed by atoms with Gasteiger partial charge in [0.15, 0.2) is 0 Å². The van der Waals surface area contributed by atoms with Gasteiger partial charge in [-0.2, -0.15) is 5.11 Å². The molecule has 1 heterocycles. The van der Waals surface area contributed by atoms with Gasteiger partial charge in [0.1, 0.15) is 42.0 Å². The van der Waals surface area contributed by atoms with Gasteiger partial charge in [-0.1, -0.05) is 18.2 Å². The summed E-state index contributed by atoms with van der Waals surface area (Å²) in [6.45, 7) is 1.40. The van der Waals surface area contributed by atoms with Crippen LogP contribution in [0.5, 0.6) is 5.75 Å². The van der Waals surface area contributed by atoms with Gasteiger partial charge >= 0.3 is 0 Å². The molecular weight excluding hydrogens is 352 g/mol. The van der Waals surface area contributed by atoms with Crippen LogP contribution in [0.25, 0.3) is 0 Å². The topological polar surface area (TPSA) is 135 Å². The van der Waals surface area contributed by atoms with Crippen molar-refractivity contribution in [2.24, 2.45) is 10.2 Å². The number of phenols is 1. The molecule has 0 amide bonds. The van der Waals surface area contributed by atoms with Crippen LogP contribution >= 0.6 is 0 Å². The predicted molar refractivity (Wildman–Crippen MR) is 96.2 cm³/mol. The Labute approximate surface area is 156 Å². The number of nitrogens with zero attached hydrogens (tertiary/aromatic N) is 2. The van der Waals surface area contributed by atoms with E-state index in [1.807, 2.05) is 6.92 Å². The van der Waals surface area contributed by atoms with Crippen LogP contribution in [-0.2, 0) is 4.74 Å².